The van der Waals surface area contributed by atoms with Gasteiger partial charge in [-0.15, -0.1) is 11.8 Å². The first kappa shape index (κ1) is 20.2. The minimum Gasteiger partial charge on any atom is -0.338 e. The van der Waals surface area contributed by atoms with E-state index in [-0.39, 0.29) is 22.5 Å². The summed E-state index contributed by atoms with van der Waals surface area (Å²) in [5.41, 5.74) is 2.37. The maximum Gasteiger partial charge on any atom is 0.255 e. The second-order valence-corrected chi connectivity index (χ2v) is 9.55. The van der Waals surface area contributed by atoms with Gasteiger partial charge in [0.25, 0.3) is 5.91 Å². The van der Waals surface area contributed by atoms with Crippen LogP contribution in [0.5, 0.6) is 0 Å². The van der Waals surface area contributed by atoms with E-state index in [0.717, 1.165) is 10.5 Å². The highest BCUT2D eigenvalue weighted by molar-refractivity contribution is 8.00. The summed E-state index contributed by atoms with van der Waals surface area (Å²) in [6.07, 6.45) is 0. The number of fused-ring (bicyclic) bond motifs is 1. The van der Waals surface area contributed by atoms with Crippen molar-refractivity contribution >= 4 is 35.0 Å². The number of benzene rings is 2. The van der Waals surface area contributed by atoms with Crippen molar-refractivity contribution in [1.29, 1.82) is 0 Å². The molecule has 7 nitrogen and oxygen atoms in total. The molecule has 1 aliphatic rings. The molecular formula is C22H22N4O3S. The van der Waals surface area contributed by atoms with Gasteiger partial charge in [0.15, 0.2) is 0 Å². The van der Waals surface area contributed by atoms with E-state index < -0.39 is 0 Å². The van der Waals surface area contributed by atoms with E-state index in [4.69, 9.17) is 4.52 Å². The molecule has 0 bridgehead atoms. The molecule has 2 aromatic carbocycles. The number of nitrogens with zero attached hydrogens (tertiary/aromatic N) is 2. The van der Waals surface area contributed by atoms with Gasteiger partial charge < -0.3 is 15.2 Å². The third-order valence-electron chi connectivity index (χ3n) is 4.64. The Bertz CT molecular complexity index is 1120. The highest BCUT2D eigenvalue weighted by atomic mass is 32.2. The van der Waals surface area contributed by atoms with E-state index in [1.165, 1.54) is 11.8 Å². The van der Waals surface area contributed by atoms with Crippen molar-refractivity contribution < 1.29 is 14.1 Å². The molecule has 0 saturated heterocycles. The van der Waals surface area contributed by atoms with Crippen LogP contribution in [0.15, 0.2) is 51.9 Å². The highest BCUT2D eigenvalue weighted by Gasteiger charge is 2.24. The molecule has 1 aromatic heterocycles. The zero-order valence-electron chi connectivity index (χ0n) is 17.1. The molecule has 0 fully saturated rings. The van der Waals surface area contributed by atoms with E-state index in [1.807, 2.05) is 45.9 Å². The van der Waals surface area contributed by atoms with E-state index >= 15 is 0 Å². The summed E-state index contributed by atoms with van der Waals surface area (Å²) in [6.45, 7) is 7.88. The maximum absolute atomic E-state index is 12.6. The fourth-order valence-electron chi connectivity index (χ4n) is 2.90. The lowest BCUT2D eigenvalue weighted by Crippen LogP contribution is -2.26. The lowest BCUT2D eigenvalue weighted by molar-refractivity contribution is -0.115. The molecule has 4 rings (SSSR count). The molecule has 0 saturated carbocycles. The summed E-state index contributed by atoms with van der Waals surface area (Å²) in [5.74, 6) is 0.770. The number of nitrogens with one attached hydrogen (secondary N) is 2. The van der Waals surface area contributed by atoms with Gasteiger partial charge in [-0.05, 0) is 49.4 Å². The standard InChI is InChI=1S/C22H22N4O3S/c1-12-19(27)24-16-11-14(7-10-17(16)30-12)20(28)23-15-8-5-13(6-9-15)18-25-21(29-26-18)22(2,3)4/h5-12H,1-4H3,(H,23,28)(H,24,27)/t12-/m1/s1. The van der Waals surface area contributed by atoms with Gasteiger partial charge in [-0.3, -0.25) is 9.59 Å². The number of anilines is 2. The van der Waals surface area contributed by atoms with Crippen LogP contribution in [0.3, 0.4) is 0 Å². The fourth-order valence-corrected chi connectivity index (χ4v) is 3.83. The third kappa shape index (κ3) is 4.09. The quantitative estimate of drug-likeness (QED) is 0.634. The number of hydrogen-bond acceptors (Lipinski definition) is 6. The lowest BCUT2D eigenvalue weighted by Gasteiger charge is -2.21. The second-order valence-electron chi connectivity index (χ2n) is 8.16. The van der Waals surface area contributed by atoms with Crippen LogP contribution in [0, 0.1) is 0 Å². The topological polar surface area (TPSA) is 97.1 Å². The van der Waals surface area contributed by atoms with Crippen molar-refractivity contribution in [3.63, 3.8) is 0 Å². The van der Waals surface area contributed by atoms with Gasteiger partial charge in [-0.25, -0.2) is 0 Å². The Morgan fingerprint density at radius 2 is 1.90 bits per heavy atom. The van der Waals surface area contributed by atoms with Gasteiger partial charge in [-0.2, -0.15) is 4.98 Å². The fraction of sp³-hybridized carbons (Fsp3) is 0.273. The van der Waals surface area contributed by atoms with Crippen molar-refractivity contribution in [2.24, 2.45) is 0 Å². The largest absolute Gasteiger partial charge is 0.338 e. The van der Waals surface area contributed by atoms with Crippen LogP contribution in [0.1, 0.15) is 43.9 Å². The molecule has 0 spiro atoms. The minimum atomic E-state index is -0.252. The van der Waals surface area contributed by atoms with E-state index in [0.29, 0.717) is 28.7 Å². The number of carbonyl (C=O) groups excluding carboxylic acids is 2. The molecule has 154 valence electrons. The zero-order valence-corrected chi connectivity index (χ0v) is 18.0. The predicted octanol–water partition coefficient (Wildman–Crippen LogP) is 4.72. The molecule has 2 amide bonds. The molecule has 2 N–H and O–H groups in total. The Hall–Kier alpha value is -3.13. The summed E-state index contributed by atoms with van der Waals surface area (Å²) in [5, 5.41) is 9.60. The molecule has 1 aliphatic heterocycles. The lowest BCUT2D eigenvalue weighted by atomic mass is 9.97. The summed E-state index contributed by atoms with van der Waals surface area (Å²) in [4.78, 5) is 29.9. The van der Waals surface area contributed by atoms with Crippen LogP contribution in [-0.4, -0.2) is 27.2 Å². The number of carbonyl (C=O) groups is 2. The van der Waals surface area contributed by atoms with E-state index in [2.05, 4.69) is 20.8 Å². The number of thioether (sulfide) groups is 1. The molecule has 30 heavy (non-hydrogen) atoms. The molecule has 0 radical (unpaired) electrons. The van der Waals surface area contributed by atoms with Crippen LogP contribution in [0.25, 0.3) is 11.4 Å². The Morgan fingerprint density at radius 1 is 1.17 bits per heavy atom. The molecule has 2 heterocycles. The van der Waals surface area contributed by atoms with Gasteiger partial charge in [0.2, 0.25) is 17.6 Å². The van der Waals surface area contributed by atoms with Crippen molar-refractivity contribution in [1.82, 2.24) is 10.1 Å². The molecule has 0 unspecified atom stereocenters. The summed E-state index contributed by atoms with van der Waals surface area (Å²) >= 11 is 1.48. The van der Waals surface area contributed by atoms with Crippen molar-refractivity contribution in [3.05, 3.63) is 53.9 Å². The zero-order chi connectivity index (χ0) is 21.5. The normalized spacial score (nSPS) is 16.0. The van der Waals surface area contributed by atoms with Crippen LogP contribution in [0.4, 0.5) is 11.4 Å². The van der Waals surface area contributed by atoms with Crippen molar-refractivity contribution in [2.75, 3.05) is 10.6 Å². The third-order valence-corrected chi connectivity index (χ3v) is 5.82. The van der Waals surface area contributed by atoms with E-state index in [9.17, 15) is 9.59 Å². The van der Waals surface area contributed by atoms with Gasteiger partial charge >= 0.3 is 0 Å². The summed E-state index contributed by atoms with van der Waals surface area (Å²) < 4.78 is 5.33. The average Bonchev–Trinajstić information content (AvgIpc) is 3.20. The Morgan fingerprint density at radius 3 is 2.57 bits per heavy atom. The monoisotopic (exact) mass is 422 g/mol. The van der Waals surface area contributed by atoms with Gasteiger partial charge in [0.1, 0.15) is 0 Å². The number of hydrogen-bond donors (Lipinski definition) is 2. The SMILES string of the molecule is C[C@H]1Sc2ccc(C(=O)Nc3ccc(-c4noc(C(C)(C)C)n4)cc3)cc2NC1=O. The van der Waals surface area contributed by atoms with Gasteiger partial charge in [-0.1, -0.05) is 25.9 Å². The molecule has 3 aromatic rings. The average molecular weight is 423 g/mol. The highest BCUT2D eigenvalue weighted by Crippen LogP contribution is 2.36. The molecule has 8 heteroatoms. The minimum absolute atomic E-state index is 0.0586. The number of amides is 2. The van der Waals surface area contributed by atoms with Crippen LogP contribution in [-0.2, 0) is 10.2 Å². The number of rotatable bonds is 3. The Kier molecular flexibility index (Phi) is 5.11. The van der Waals surface area contributed by atoms with Crippen molar-refractivity contribution in [3.8, 4) is 11.4 Å². The predicted molar refractivity (Wildman–Crippen MR) is 117 cm³/mol. The van der Waals surface area contributed by atoms with Crippen molar-refractivity contribution in [2.45, 2.75) is 43.3 Å². The number of aromatic nitrogens is 2. The molecule has 0 aliphatic carbocycles. The summed E-state index contributed by atoms with van der Waals surface area (Å²) in [6, 6.07) is 12.6. The second kappa shape index (κ2) is 7.60. The smallest absolute Gasteiger partial charge is 0.255 e. The van der Waals surface area contributed by atoms with Gasteiger partial charge in [0.05, 0.1) is 10.9 Å². The molecular weight excluding hydrogens is 400 g/mol. The van der Waals surface area contributed by atoms with Crippen LogP contribution < -0.4 is 10.6 Å². The Balaban J connectivity index is 1.47. The first-order valence-corrected chi connectivity index (χ1v) is 10.5. The maximum atomic E-state index is 12.6. The van der Waals surface area contributed by atoms with Crippen LogP contribution >= 0.6 is 11.8 Å². The first-order valence-electron chi connectivity index (χ1n) is 9.58. The first-order chi connectivity index (χ1) is 14.2. The van der Waals surface area contributed by atoms with Crippen LogP contribution in [0.2, 0.25) is 0 Å². The van der Waals surface area contributed by atoms with E-state index in [1.54, 1.807) is 24.3 Å². The van der Waals surface area contributed by atoms with Gasteiger partial charge in [0, 0.05) is 27.1 Å². The Labute approximate surface area is 178 Å². The molecule has 1 atom stereocenters. The summed E-state index contributed by atoms with van der Waals surface area (Å²) in [7, 11) is 0.